The summed E-state index contributed by atoms with van der Waals surface area (Å²) in [7, 11) is 0. The first-order chi connectivity index (χ1) is 11.0. The van der Waals surface area contributed by atoms with E-state index < -0.39 is 6.36 Å². The molecule has 0 unspecified atom stereocenters. The second kappa shape index (κ2) is 6.15. The number of nitrogens with zero attached hydrogens (tertiary/aromatic N) is 2. The van der Waals surface area contributed by atoms with Gasteiger partial charge in [-0.1, -0.05) is 12.1 Å². The van der Waals surface area contributed by atoms with E-state index in [1.165, 1.54) is 30.8 Å². The summed E-state index contributed by atoms with van der Waals surface area (Å²) in [5, 5.41) is 3.08. The Morgan fingerprint density at radius 2 is 2.04 bits per heavy atom. The van der Waals surface area contributed by atoms with E-state index in [9.17, 15) is 13.2 Å². The molecular weight excluding hydrogens is 311 g/mol. The lowest BCUT2D eigenvalue weighted by atomic mass is 10.1. The first-order valence-corrected chi connectivity index (χ1v) is 6.78. The van der Waals surface area contributed by atoms with Gasteiger partial charge in [0.1, 0.15) is 17.6 Å². The van der Waals surface area contributed by atoms with Crippen molar-refractivity contribution in [2.75, 3.05) is 11.9 Å². The number of furan rings is 1. The molecule has 0 bridgehead atoms. The Labute approximate surface area is 129 Å². The zero-order chi connectivity index (χ0) is 16.3. The van der Waals surface area contributed by atoms with Crippen molar-refractivity contribution in [1.29, 1.82) is 0 Å². The van der Waals surface area contributed by atoms with E-state index in [0.29, 0.717) is 35.4 Å². The zero-order valence-corrected chi connectivity index (χ0v) is 11.8. The largest absolute Gasteiger partial charge is 0.573 e. The molecule has 0 saturated carbocycles. The van der Waals surface area contributed by atoms with Gasteiger partial charge in [-0.15, -0.1) is 13.2 Å². The molecule has 1 N–H and O–H groups in total. The third-order valence-corrected chi connectivity index (χ3v) is 3.08. The average molecular weight is 323 g/mol. The maximum absolute atomic E-state index is 12.2. The Hall–Kier alpha value is -2.77. The second-order valence-corrected chi connectivity index (χ2v) is 4.73. The first-order valence-electron chi connectivity index (χ1n) is 6.78. The normalized spacial score (nSPS) is 11.6. The number of aromatic nitrogens is 2. The van der Waals surface area contributed by atoms with Crippen LogP contribution in [0.15, 0.2) is 47.3 Å². The number of hydrogen-bond acceptors (Lipinski definition) is 5. The van der Waals surface area contributed by atoms with E-state index in [4.69, 9.17) is 4.42 Å². The summed E-state index contributed by atoms with van der Waals surface area (Å²) in [6.45, 7) is 0.474. The number of hydrogen-bond donors (Lipinski definition) is 1. The lowest BCUT2D eigenvalue weighted by molar-refractivity contribution is -0.274. The van der Waals surface area contributed by atoms with Gasteiger partial charge in [-0.2, -0.15) is 0 Å². The molecule has 2 aromatic heterocycles. The molecule has 0 radical (unpaired) electrons. The molecule has 0 fully saturated rings. The predicted octanol–water partition coefficient (Wildman–Crippen LogP) is 3.78. The monoisotopic (exact) mass is 323 g/mol. The summed E-state index contributed by atoms with van der Waals surface area (Å²) >= 11 is 0. The quantitative estimate of drug-likeness (QED) is 0.774. The smallest absolute Gasteiger partial charge is 0.459 e. The van der Waals surface area contributed by atoms with Crippen LogP contribution in [0.2, 0.25) is 0 Å². The standard InChI is InChI=1S/C15H12F3N3O2/c16-15(17,18)23-11-3-1-2-10(8-11)4-6-19-14-13-12(5-7-22-13)20-9-21-14/h1-3,5,7-9H,4,6H2,(H,19,20,21). The van der Waals surface area contributed by atoms with Gasteiger partial charge in [0.05, 0.1) is 6.26 Å². The minimum Gasteiger partial charge on any atom is -0.459 e. The highest BCUT2D eigenvalue weighted by Crippen LogP contribution is 2.24. The fourth-order valence-corrected chi connectivity index (χ4v) is 2.14. The highest BCUT2D eigenvalue weighted by atomic mass is 19.4. The van der Waals surface area contributed by atoms with Crippen molar-refractivity contribution >= 4 is 16.9 Å². The number of ether oxygens (including phenoxy) is 1. The summed E-state index contributed by atoms with van der Waals surface area (Å²) in [4.78, 5) is 8.13. The Kier molecular flexibility index (Phi) is 4.05. The third-order valence-electron chi connectivity index (χ3n) is 3.08. The van der Waals surface area contributed by atoms with E-state index in [1.807, 2.05) is 0 Å². The lowest BCUT2D eigenvalue weighted by Gasteiger charge is -2.10. The molecule has 3 rings (SSSR count). The van der Waals surface area contributed by atoms with Crippen LogP contribution in [0.25, 0.3) is 11.1 Å². The SMILES string of the molecule is FC(F)(F)Oc1cccc(CCNc2ncnc3ccoc23)c1. The van der Waals surface area contributed by atoms with Crippen LogP contribution in [0.4, 0.5) is 19.0 Å². The molecule has 0 aliphatic heterocycles. The Morgan fingerprint density at radius 3 is 2.87 bits per heavy atom. The minimum atomic E-state index is -4.69. The van der Waals surface area contributed by atoms with Gasteiger partial charge in [-0.05, 0) is 24.1 Å². The molecule has 0 aliphatic carbocycles. The fourth-order valence-electron chi connectivity index (χ4n) is 2.14. The summed E-state index contributed by atoms with van der Waals surface area (Å²) in [6.07, 6.45) is -1.26. The molecule has 8 heteroatoms. The number of benzene rings is 1. The van der Waals surface area contributed by atoms with E-state index >= 15 is 0 Å². The van der Waals surface area contributed by atoms with Crippen LogP contribution in [0.5, 0.6) is 5.75 Å². The van der Waals surface area contributed by atoms with Gasteiger partial charge in [0.25, 0.3) is 0 Å². The van der Waals surface area contributed by atoms with E-state index in [1.54, 1.807) is 12.1 Å². The Balaban J connectivity index is 1.62. The molecular formula is C15H12F3N3O2. The third kappa shape index (κ3) is 3.91. The molecule has 5 nitrogen and oxygen atoms in total. The molecule has 120 valence electrons. The van der Waals surface area contributed by atoms with Gasteiger partial charge in [0, 0.05) is 12.6 Å². The number of nitrogens with one attached hydrogen (secondary N) is 1. The van der Waals surface area contributed by atoms with Crippen LogP contribution >= 0.6 is 0 Å². The van der Waals surface area contributed by atoms with Crippen LogP contribution in [0, 0.1) is 0 Å². The number of rotatable bonds is 5. The van der Waals surface area contributed by atoms with Crippen molar-refractivity contribution in [3.63, 3.8) is 0 Å². The predicted molar refractivity (Wildman–Crippen MR) is 77.1 cm³/mol. The van der Waals surface area contributed by atoms with Crippen LogP contribution in [-0.2, 0) is 6.42 Å². The Morgan fingerprint density at radius 1 is 1.17 bits per heavy atom. The molecule has 23 heavy (non-hydrogen) atoms. The zero-order valence-electron chi connectivity index (χ0n) is 11.8. The second-order valence-electron chi connectivity index (χ2n) is 4.73. The van der Waals surface area contributed by atoms with Crippen molar-refractivity contribution < 1.29 is 22.3 Å². The summed E-state index contributed by atoms with van der Waals surface area (Å²) in [5.41, 5.74) is 1.94. The summed E-state index contributed by atoms with van der Waals surface area (Å²) < 4.78 is 45.8. The van der Waals surface area contributed by atoms with Gasteiger partial charge in [-0.25, -0.2) is 9.97 Å². The molecule has 1 aromatic carbocycles. The summed E-state index contributed by atoms with van der Waals surface area (Å²) in [5.74, 6) is 0.313. The van der Waals surface area contributed by atoms with Crippen LogP contribution in [-0.4, -0.2) is 22.9 Å². The lowest BCUT2D eigenvalue weighted by Crippen LogP contribution is -2.17. The highest BCUT2D eigenvalue weighted by molar-refractivity contribution is 5.82. The average Bonchev–Trinajstić information content (AvgIpc) is 2.95. The minimum absolute atomic E-state index is 0.231. The fraction of sp³-hybridized carbons (Fsp3) is 0.200. The Bertz CT molecular complexity index is 802. The summed E-state index contributed by atoms with van der Waals surface area (Å²) in [6, 6.07) is 7.60. The maximum atomic E-state index is 12.2. The van der Waals surface area contributed by atoms with Crippen LogP contribution in [0.3, 0.4) is 0 Å². The van der Waals surface area contributed by atoms with Gasteiger partial charge in [-0.3, -0.25) is 0 Å². The highest BCUT2D eigenvalue weighted by Gasteiger charge is 2.31. The number of halogens is 3. The topological polar surface area (TPSA) is 60.2 Å². The van der Waals surface area contributed by atoms with Crippen LogP contribution in [0.1, 0.15) is 5.56 Å². The molecule has 0 saturated heterocycles. The van der Waals surface area contributed by atoms with Crippen molar-refractivity contribution in [2.45, 2.75) is 12.8 Å². The van der Waals surface area contributed by atoms with Crippen molar-refractivity contribution in [3.8, 4) is 5.75 Å². The van der Waals surface area contributed by atoms with E-state index in [2.05, 4.69) is 20.0 Å². The number of anilines is 1. The maximum Gasteiger partial charge on any atom is 0.573 e. The number of fused-ring (bicyclic) bond motifs is 1. The van der Waals surface area contributed by atoms with Crippen molar-refractivity contribution in [2.24, 2.45) is 0 Å². The van der Waals surface area contributed by atoms with Crippen LogP contribution < -0.4 is 10.1 Å². The van der Waals surface area contributed by atoms with E-state index in [-0.39, 0.29) is 5.75 Å². The van der Waals surface area contributed by atoms with Crippen molar-refractivity contribution in [3.05, 3.63) is 48.5 Å². The van der Waals surface area contributed by atoms with Gasteiger partial charge in [0.15, 0.2) is 11.4 Å². The first kappa shape index (κ1) is 15.1. The number of alkyl halides is 3. The molecule has 0 amide bonds. The van der Waals surface area contributed by atoms with Gasteiger partial charge in [0.2, 0.25) is 0 Å². The van der Waals surface area contributed by atoms with Gasteiger partial charge >= 0.3 is 6.36 Å². The molecule has 0 spiro atoms. The van der Waals surface area contributed by atoms with E-state index in [0.717, 1.165) is 0 Å². The molecule has 3 aromatic rings. The molecule has 0 aliphatic rings. The molecule has 2 heterocycles. The molecule has 0 atom stereocenters. The van der Waals surface area contributed by atoms with Gasteiger partial charge < -0.3 is 14.5 Å². The van der Waals surface area contributed by atoms with Crippen molar-refractivity contribution in [1.82, 2.24) is 9.97 Å².